The summed E-state index contributed by atoms with van der Waals surface area (Å²) in [5.74, 6) is 0.827. The van der Waals surface area contributed by atoms with Crippen molar-refractivity contribution in [3.05, 3.63) is 103 Å². The lowest BCUT2D eigenvalue weighted by molar-refractivity contribution is 0.473. The van der Waals surface area contributed by atoms with Gasteiger partial charge in [0.1, 0.15) is 11.6 Å². The molecule has 3 aromatic heterocycles. The lowest BCUT2D eigenvalue weighted by atomic mass is 9.83. The van der Waals surface area contributed by atoms with Crippen LogP contribution in [0.2, 0.25) is 19.6 Å². The highest BCUT2D eigenvalue weighted by molar-refractivity contribution is 6.89. The summed E-state index contributed by atoms with van der Waals surface area (Å²) in [6, 6.07) is 28.0. The Kier molecular flexibility index (Phi) is 7.29. The van der Waals surface area contributed by atoms with Gasteiger partial charge in [0.2, 0.25) is 0 Å². The second kappa shape index (κ2) is 10.9. The molecule has 6 rings (SSSR count). The van der Waals surface area contributed by atoms with Crippen LogP contribution in [0.3, 0.4) is 0 Å². The van der Waals surface area contributed by atoms with Crippen LogP contribution in [0.1, 0.15) is 32.0 Å². The van der Waals surface area contributed by atoms with Crippen LogP contribution in [-0.2, 0) is 12.5 Å². The Morgan fingerprint density at radius 3 is 2.16 bits per heavy atom. The van der Waals surface area contributed by atoms with Crippen molar-refractivity contribution in [3.8, 4) is 50.6 Å². The van der Waals surface area contributed by atoms with Gasteiger partial charge in [0.05, 0.1) is 36.6 Å². The van der Waals surface area contributed by atoms with Gasteiger partial charge >= 0.3 is 0 Å². The summed E-state index contributed by atoms with van der Waals surface area (Å²) < 4.78 is 2.05. The Hall–Kier alpha value is -4.55. The fourth-order valence-corrected chi connectivity index (χ4v) is 7.33. The molecular formula is C38H40N4OSi. The summed E-state index contributed by atoms with van der Waals surface area (Å²) in [6.07, 6.45) is 3.61. The van der Waals surface area contributed by atoms with Crippen LogP contribution in [0.5, 0.6) is 5.75 Å². The molecule has 0 radical (unpaired) electrons. The van der Waals surface area contributed by atoms with Gasteiger partial charge in [-0.2, -0.15) is 0 Å². The number of benzene rings is 3. The first-order valence-electron chi connectivity index (χ1n) is 15.1. The van der Waals surface area contributed by atoms with Crippen molar-refractivity contribution in [3.63, 3.8) is 0 Å². The van der Waals surface area contributed by atoms with Gasteiger partial charge in [-0.1, -0.05) is 88.9 Å². The molecule has 0 aliphatic heterocycles. The Balaban J connectivity index is 1.57. The average molecular weight is 597 g/mol. The van der Waals surface area contributed by atoms with Gasteiger partial charge in [0.25, 0.3) is 0 Å². The number of aromatic hydroxyl groups is 1. The monoisotopic (exact) mass is 596 g/mol. The van der Waals surface area contributed by atoms with Crippen LogP contribution < -0.4 is 5.19 Å². The molecule has 0 atom stereocenters. The van der Waals surface area contributed by atoms with Crippen LogP contribution in [0, 0.1) is 6.92 Å². The summed E-state index contributed by atoms with van der Waals surface area (Å²) in [5.41, 5.74) is 11.2. The van der Waals surface area contributed by atoms with E-state index in [9.17, 15) is 5.11 Å². The number of imidazole rings is 1. The molecule has 3 aromatic carbocycles. The normalized spacial score (nSPS) is 12.2. The SMILES string of the molecule is Cc1cc(-c2nc3c(-c4cc(-c5cc(-c6ccccc6)c([Si](C)(C)C)cn5)cc(C(C)(C)C)c4)cccc3n2C)c(O)cn1. The molecule has 0 unspecified atom stereocenters. The lowest BCUT2D eigenvalue weighted by Crippen LogP contribution is -2.39. The second-order valence-electron chi connectivity index (χ2n) is 13.8. The van der Waals surface area contributed by atoms with Crippen molar-refractivity contribution in [2.45, 2.75) is 52.8 Å². The summed E-state index contributed by atoms with van der Waals surface area (Å²) >= 11 is 0. The molecule has 0 spiro atoms. The molecule has 5 nitrogen and oxygen atoms in total. The molecule has 6 heteroatoms. The van der Waals surface area contributed by atoms with E-state index < -0.39 is 8.07 Å². The molecule has 0 bridgehead atoms. The zero-order valence-corrected chi connectivity index (χ0v) is 27.9. The molecule has 222 valence electrons. The highest BCUT2D eigenvalue weighted by Gasteiger charge is 2.24. The van der Waals surface area contributed by atoms with E-state index in [1.54, 1.807) is 0 Å². The van der Waals surface area contributed by atoms with E-state index in [2.05, 4.69) is 124 Å². The van der Waals surface area contributed by atoms with Gasteiger partial charge in [-0.3, -0.25) is 9.97 Å². The summed E-state index contributed by atoms with van der Waals surface area (Å²) in [6.45, 7) is 15.8. The number of para-hydroxylation sites is 1. The van der Waals surface area contributed by atoms with Gasteiger partial charge < -0.3 is 9.67 Å². The number of pyridine rings is 2. The van der Waals surface area contributed by atoms with E-state index in [1.165, 1.54) is 28.1 Å². The largest absolute Gasteiger partial charge is 0.506 e. The van der Waals surface area contributed by atoms with Crippen molar-refractivity contribution < 1.29 is 5.11 Å². The van der Waals surface area contributed by atoms with Crippen LogP contribution in [-0.4, -0.2) is 32.7 Å². The molecule has 0 aliphatic carbocycles. The molecule has 0 saturated carbocycles. The van der Waals surface area contributed by atoms with Crippen LogP contribution in [0.4, 0.5) is 0 Å². The lowest BCUT2D eigenvalue weighted by Gasteiger charge is -2.23. The first-order valence-corrected chi connectivity index (χ1v) is 18.6. The smallest absolute Gasteiger partial charge is 0.144 e. The Bertz CT molecular complexity index is 2010. The Labute approximate surface area is 261 Å². The second-order valence-corrected chi connectivity index (χ2v) is 18.8. The topological polar surface area (TPSA) is 63.8 Å². The number of nitrogens with zero attached hydrogens (tertiary/aromatic N) is 4. The van der Waals surface area contributed by atoms with Gasteiger partial charge in [0, 0.05) is 30.1 Å². The van der Waals surface area contributed by atoms with Gasteiger partial charge in [-0.15, -0.1) is 0 Å². The average Bonchev–Trinajstić information content (AvgIpc) is 3.33. The van der Waals surface area contributed by atoms with Crippen molar-refractivity contribution in [1.82, 2.24) is 19.5 Å². The van der Waals surface area contributed by atoms with E-state index in [0.29, 0.717) is 11.4 Å². The Morgan fingerprint density at radius 2 is 1.45 bits per heavy atom. The summed E-state index contributed by atoms with van der Waals surface area (Å²) in [7, 11) is 0.343. The van der Waals surface area contributed by atoms with Crippen LogP contribution in [0.15, 0.2) is 91.3 Å². The quantitative estimate of drug-likeness (QED) is 0.202. The number of aromatic nitrogens is 4. The third-order valence-corrected chi connectivity index (χ3v) is 10.4. The molecule has 0 fully saturated rings. The molecule has 44 heavy (non-hydrogen) atoms. The fourth-order valence-electron chi connectivity index (χ4n) is 5.85. The van der Waals surface area contributed by atoms with E-state index in [1.807, 2.05) is 24.6 Å². The van der Waals surface area contributed by atoms with Crippen molar-refractivity contribution in [2.75, 3.05) is 0 Å². The van der Waals surface area contributed by atoms with Gasteiger partial charge in [-0.05, 0) is 70.1 Å². The minimum atomic E-state index is -1.65. The minimum absolute atomic E-state index is 0.0746. The predicted octanol–water partition coefficient (Wildman–Crippen LogP) is 8.89. The number of hydrogen-bond donors (Lipinski definition) is 1. The minimum Gasteiger partial charge on any atom is -0.506 e. The summed E-state index contributed by atoms with van der Waals surface area (Å²) in [5, 5.41) is 12.0. The molecule has 1 N–H and O–H groups in total. The molecule has 3 heterocycles. The molecular weight excluding hydrogens is 557 g/mol. The molecule has 0 saturated heterocycles. The number of hydrogen-bond acceptors (Lipinski definition) is 4. The predicted molar refractivity (Wildman–Crippen MR) is 186 cm³/mol. The van der Waals surface area contributed by atoms with Crippen LogP contribution in [0.25, 0.3) is 55.9 Å². The first-order chi connectivity index (χ1) is 20.8. The van der Waals surface area contributed by atoms with Crippen LogP contribution >= 0.6 is 0 Å². The fraction of sp³-hybridized carbons (Fsp3) is 0.237. The first kappa shape index (κ1) is 29.5. The van der Waals surface area contributed by atoms with Crippen molar-refractivity contribution in [1.29, 1.82) is 0 Å². The highest BCUT2D eigenvalue weighted by Crippen LogP contribution is 2.38. The van der Waals surface area contributed by atoms with E-state index in [4.69, 9.17) is 9.97 Å². The number of rotatable bonds is 5. The number of fused-ring (bicyclic) bond motifs is 1. The van der Waals surface area contributed by atoms with Gasteiger partial charge in [0.15, 0.2) is 0 Å². The number of aryl methyl sites for hydroxylation is 2. The molecule has 0 aliphatic rings. The maximum Gasteiger partial charge on any atom is 0.144 e. The zero-order chi connectivity index (χ0) is 31.4. The highest BCUT2D eigenvalue weighted by atomic mass is 28.3. The maximum absolute atomic E-state index is 10.7. The molecule has 0 amide bonds. The van der Waals surface area contributed by atoms with E-state index in [0.717, 1.165) is 39.1 Å². The summed E-state index contributed by atoms with van der Waals surface area (Å²) in [4.78, 5) is 14.4. The van der Waals surface area contributed by atoms with Gasteiger partial charge in [-0.25, -0.2) is 4.98 Å². The van der Waals surface area contributed by atoms with Crippen molar-refractivity contribution in [2.24, 2.45) is 7.05 Å². The third-order valence-electron chi connectivity index (χ3n) is 8.37. The third kappa shape index (κ3) is 5.46. The maximum atomic E-state index is 10.7. The molecule has 6 aromatic rings. The van der Waals surface area contributed by atoms with Crippen molar-refractivity contribution >= 4 is 24.3 Å². The standard InChI is InChI=1S/C38H40N4OSi/c1-24-17-31(34(43)22-39-24)37-41-36-29(15-12-16-33(36)42(37)5)26-18-27(20-28(19-26)38(2,3)4)32-21-30(25-13-10-9-11-14-25)35(23-40-32)44(6,7)8/h9-23,43H,1-8H3. The Morgan fingerprint density at radius 1 is 0.727 bits per heavy atom. The van der Waals surface area contributed by atoms with E-state index >= 15 is 0 Å². The zero-order valence-electron chi connectivity index (χ0n) is 26.9. The van der Waals surface area contributed by atoms with E-state index in [-0.39, 0.29) is 11.2 Å².